The zero-order valence-electron chi connectivity index (χ0n) is 24.9. The largest absolute Gasteiger partial charge is 0.367 e. The van der Waals surface area contributed by atoms with Crippen LogP contribution in [-0.4, -0.2) is 90.9 Å². The summed E-state index contributed by atoms with van der Waals surface area (Å²) in [6, 6.07) is 4.95. The Morgan fingerprint density at radius 2 is 1.93 bits per heavy atom. The van der Waals surface area contributed by atoms with Crippen LogP contribution in [0, 0.1) is 11.3 Å². The number of likely N-dealkylation sites (tertiary alicyclic amines) is 1. The molecule has 3 aliphatic rings. The van der Waals surface area contributed by atoms with Crippen LogP contribution < -0.4 is 10.6 Å². The molecule has 0 spiro atoms. The Morgan fingerprint density at radius 3 is 2.59 bits per heavy atom. The fourth-order valence-electron chi connectivity index (χ4n) is 6.59. The van der Waals surface area contributed by atoms with Crippen molar-refractivity contribution in [2.24, 2.45) is 17.1 Å². The zero-order valence-corrected chi connectivity index (χ0v) is 25.7. The van der Waals surface area contributed by atoms with Gasteiger partial charge in [-0.1, -0.05) is 40.2 Å². The number of nitrogens with zero attached hydrogens (tertiary/aromatic N) is 4. The molecule has 3 saturated heterocycles. The highest BCUT2D eigenvalue weighted by atomic mass is 32.1. The maximum atomic E-state index is 14.6. The molecule has 0 bridgehead atoms. The molecule has 0 aliphatic carbocycles. The summed E-state index contributed by atoms with van der Waals surface area (Å²) >= 11 is 1.61. The second-order valence-electron chi connectivity index (χ2n) is 12.5. The van der Waals surface area contributed by atoms with Gasteiger partial charge in [-0.3, -0.25) is 14.4 Å². The molecule has 2 amide bonds. The Bertz CT molecular complexity index is 1300. The normalized spacial score (nSPS) is 24.1. The number of likely N-dealkylation sites (N-methyl/N-ethyl adjacent to an activating group) is 1. The van der Waals surface area contributed by atoms with Crippen molar-refractivity contribution in [1.82, 2.24) is 14.8 Å². The van der Waals surface area contributed by atoms with E-state index in [2.05, 4.69) is 23.8 Å². The van der Waals surface area contributed by atoms with Gasteiger partial charge in [-0.2, -0.15) is 0 Å². The Balaban J connectivity index is 1.54. The summed E-state index contributed by atoms with van der Waals surface area (Å²) < 4.78 is 5.90. The van der Waals surface area contributed by atoms with Crippen LogP contribution in [0.25, 0.3) is 11.3 Å². The standard InChI is InChI=1S/C31H43N5O4S/c1-6-8-20-16-36(26-24(37)17-40-27(20)26)29(39)25(31(3,4)7-2)22-15-19(9-10-21(22)28(32)38)23-18-41-30(33-23)35-13-11-34(5)12-14-35/h9-10,15,18,20,25-27H,6-8,11-14,16-17H2,1-5H3,(H2,32,38)/t20-,25-,26+,27+/m0/s1. The predicted octanol–water partition coefficient (Wildman–Crippen LogP) is 3.78. The van der Waals surface area contributed by atoms with Crippen molar-refractivity contribution in [3.8, 4) is 11.3 Å². The minimum Gasteiger partial charge on any atom is -0.367 e. The van der Waals surface area contributed by atoms with Gasteiger partial charge in [-0.15, -0.1) is 11.3 Å². The van der Waals surface area contributed by atoms with Crippen molar-refractivity contribution in [2.45, 2.75) is 65.0 Å². The van der Waals surface area contributed by atoms with Gasteiger partial charge in [-0.05, 0) is 43.0 Å². The number of aromatic nitrogens is 1. The molecule has 5 rings (SSSR count). The molecule has 41 heavy (non-hydrogen) atoms. The molecule has 9 nitrogen and oxygen atoms in total. The van der Waals surface area contributed by atoms with E-state index in [9.17, 15) is 14.4 Å². The van der Waals surface area contributed by atoms with Crippen molar-refractivity contribution >= 4 is 34.1 Å². The van der Waals surface area contributed by atoms with Crippen LogP contribution in [0.2, 0.25) is 0 Å². The van der Waals surface area contributed by atoms with E-state index in [4.69, 9.17) is 15.5 Å². The first-order valence-corrected chi connectivity index (χ1v) is 15.7. The maximum absolute atomic E-state index is 14.6. The van der Waals surface area contributed by atoms with Crippen molar-refractivity contribution in [1.29, 1.82) is 0 Å². The van der Waals surface area contributed by atoms with Crippen molar-refractivity contribution in [3.05, 3.63) is 34.7 Å². The summed E-state index contributed by atoms with van der Waals surface area (Å²) in [4.78, 5) is 51.6. The molecule has 0 unspecified atom stereocenters. The summed E-state index contributed by atoms with van der Waals surface area (Å²) in [6.07, 6.45) is 2.28. The molecule has 2 N–H and O–H groups in total. The van der Waals surface area contributed by atoms with Crippen LogP contribution >= 0.6 is 11.3 Å². The summed E-state index contributed by atoms with van der Waals surface area (Å²) in [6.45, 7) is 12.6. The topological polar surface area (TPSA) is 109 Å². The van der Waals surface area contributed by atoms with E-state index in [-0.39, 0.29) is 30.3 Å². The van der Waals surface area contributed by atoms with Crippen molar-refractivity contribution in [2.75, 3.05) is 51.3 Å². The van der Waals surface area contributed by atoms with Crippen LogP contribution in [0.15, 0.2) is 23.6 Å². The Morgan fingerprint density at radius 1 is 1.20 bits per heavy atom. The Kier molecular flexibility index (Phi) is 8.55. The van der Waals surface area contributed by atoms with Gasteiger partial charge in [0.25, 0.3) is 0 Å². The van der Waals surface area contributed by atoms with Crippen LogP contribution in [0.4, 0.5) is 5.13 Å². The first kappa shape index (κ1) is 29.7. The summed E-state index contributed by atoms with van der Waals surface area (Å²) in [7, 11) is 2.13. The number of Topliss-reactive ketones (excluding diaryl/α,β-unsaturated/α-hetero) is 1. The highest BCUT2D eigenvalue weighted by Crippen LogP contribution is 2.45. The van der Waals surface area contributed by atoms with E-state index in [1.165, 1.54) is 0 Å². The molecule has 3 aliphatic heterocycles. The Hall–Kier alpha value is -2.82. The zero-order chi connectivity index (χ0) is 29.5. The lowest BCUT2D eigenvalue weighted by Gasteiger charge is -2.37. The third-order valence-electron chi connectivity index (χ3n) is 9.36. The smallest absolute Gasteiger partial charge is 0.249 e. The number of piperazine rings is 1. The maximum Gasteiger partial charge on any atom is 0.249 e. The molecule has 2 aromatic rings. The molecule has 0 radical (unpaired) electrons. The number of amides is 2. The number of rotatable bonds is 9. The SMILES string of the molecule is CCC[C@H]1CN(C(=O)[C@H](c2cc(-c3csc(N4CCN(C)CC4)n3)ccc2C(N)=O)C(C)(C)CC)[C@@H]2C(=O)CO[C@H]12. The number of ketones is 1. The average molecular weight is 582 g/mol. The number of hydrogen-bond donors (Lipinski definition) is 1. The minimum absolute atomic E-state index is 0.0437. The number of anilines is 1. The van der Waals surface area contributed by atoms with Gasteiger partial charge >= 0.3 is 0 Å². The van der Waals surface area contributed by atoms with Gasteiger partial charge in [0.15, 0.2) is 10.9 Å². The number of ether oxygens (including phenoxy) is 1. The summed E-state index contributed by atoms with van der Waals surface area (Å²) in [5.74, 6) is -1.30. The molecule has 4 atom stereocenters. The second kappa shape index (κ2) is 11.8. The number of hydrogen-bond acceptors (Lipinski definition) is 8. The lowest BCUT2D eigenvalue weighted by Crippen LogP contribution is -2.47. The van der Waals surface area contributed by atoms with Crippen LogP contribution in [0.5, 0.6) is 0 Å². The molecular weight excluding hydrogens is 538 g/mol. The quantitative estimate of drug-likeness (QED) is 0.480. The van der Waals surface area contributed by atoms with Crippen LogP contribution in [0.1, 0.15) is 68.8 Å². The Labute approximate surface area is 247 Å². The summed E-state index contributed by atoms with van der Waals surface area (Å²) in [5.41, 5.74) is 7.98. The fraction of sp³-hybridized carbons (Fsp3) is 0.613. The van der Waals surface area contributed by atoms with Gasteiger partial charge in [0, 0.05) is 55.1 Å². The lowest BCUT2D eigenvalue weighted by molar-refractivity contribution is -0.140. The number of carbonyl (C=O) groups is 3. The average Bonchev–Trinajstić information content (AvgIpc) is 3.67. The third kappa shape index (κ3) is 5.66. The van der Waals surface area contributed by atoms with Gasteiger partial charge in [0.2, 0.25) is 11.8 Å². The first-order valence-electron chi connectivity index (χ1n) is 14.8. The number of nitrogens with two attached hydrogens (primary N) is 1. The monoisotopic (exact) mass is 581 g/mol. The molecule has 0 saturated carbocycles. The van der Waals surface area contributed by atoms with E-state index in [1.807, 2.05) is 38.3 Å². The lowest BCUT2D eigenvalue weighted by atomic mass is 9.70. The first-order chi connectivity index (χ1) is 19.6. The van der Waals surface area contributed by atoms with E-state index < -0.39 is 23.3 Å². The van der Waals surface area contributed by atoms with Crippen molar-refractivity contribution in [3.63, 3.8) is 0 Å². The third-order valence-corrected chi connectivity index (χ3v) is 10.3. The second-order valence-corrected chi connectivity index (χ2v) is 13.3. The molecule has 222 valence electrons. The number of thiazole rings is 1. The predicted molar refractivity (Wildman–Crippen MR) is 161 cm³/mol. The van der Waals surface area contributed by atoms with Gasteiger partial charge < -0.3 is 25.2 Å². The van der Waals surface area contributed by atoms with Crippen molar-refractivity contribution < 1.29 is 19.1 Å². The molecule has 4 heterocycles. The fourth-order valence-corrected chi connectivity index (χ4v) is 7.48. The van der Waals surface area contributed by atoms with Gasteiger partial charge in [-0.25, -0.2) is 4.98 Å². The minimum atomic E-state index is -0.667. The van der Waals surface area contributed by atoms with Gasteiger partial charge in [0.1, 0.15) is 12.6 Å². The van der Waals surface area contributed by atoms with Crippen LogP contribution in [0.3, 0.4) is 0 Å². The summed E-state index contributed by atoms with van der Waals surface area (Å²) in [5, 5.41) is 3.01. The number of carbonyl (C=O) groups excluding carboxylic acids is 3. The van der Waals surface area contributed by atoms with Crippen LogP contribution in [-0.2, 0) is 14.3 Å². The highest BCUT2D eigenvalue weighted by Gasteiger charge is 2.54. The molecule has 1 aromatic heterocycles. The highest BCUT2D eigenvalue weighted by molar-refractivity contribution is 7.14. The molecule has 3 fully saturated rings. The number of primary amides is 1. The van der Waals surface area contributed by atoms with E-state index in [0.29, 0.717) is 24.1 Å². The van der Waals surface area contributed by atoms with Gasteiger partial charge in [0.05, 0.1) is 17.7 Å². The van der Waals surface area contributed by atoms with E-state index in [0.717, 1.165) is 55.4 Å². The molecular formula is C31H43N5O4S. The number of benzene rings is 1. The van der Waals surface area contributed by atoms with E-state index >= 15 is 0 Å². The number of fused-ring (bicyclic) bond motifs is 1. The van der Waals surface area contributed by atoms with E-state index in [1.54, 1.807) is 22.3 Å². The molecule has 10 heteroatoms. The molecule has 1 aromatic carbocycles.